The van der Waals surface area contributed by atoms with E-state index >= 15 is 0 Å². The fourth-order valence-electron chi connectivity index (χ4n) is 1.62. The molecule has 0 unspecified atom stereocenters. The molecule has 76 valence electrons. The number of hydrogen-bond acceptors (Lipinski definition) is 2. The van der Waals surface area contributed by atoms with Gasteiger partial charge in [-0.3, -0.25) is 0 Å². The highest BCUT2D eigenvalue weighted by atomic mass is 35.5. The van der Waals surface area contributed by atoms with Crippen LogP contribution in [0.1, 0.15) is 11.1 Å². The van der Waals surface area contributed by atoms with E-state index in [2.05, 4.69) is 0 Å². The molecule has 0 heterocycles. The third-order valence-electron chi connectivity index (χ3n) is 2.32. The maximum absolute atomic E-state index is 8.86. The molecule has 0 saturated carbocycles. The summed E-state index contributed by atoms with van der Waals surface area (Å²) in [6.45, 7) is 0. The molecule has 0 aliphatic heterocycles. The predicted octanol–water partition coefficient (Wildman–Crippen LogP) is 3.65. The van der Waals surface area contributed by atoms with E-state index in [0.29, 0.717) is 10.6 Å². The second kappa shape index (κ2) is 4.02. The van der Waals surface area contributed by atoms with Crippen LogP contribution in [-0.2, 0) is 0 Å². The summed E-state index contributed by atoms with van der Waals surface area (Å²) >= 11 is 12.1. The van der Waals surface area contributed by atoms with Gasteiger partial charge in [-0.25, -0.2) is 0 Å². The van der Waals surface area contributed by atoms with Crippen LogP contribution >= 0.6 is 23.2 Å². The topological polar surface area (TPSA) is 47.6 Å². The molecule has 0 bridgehead atoms. The number of hydrogen-bond donors (Lipinski definition) is 0. The Morgan fingerprint density at radius 1 is 0.938 bits per heavy atom. The van der Waals surface area contributed by atoms with Crippen molar-refractivity contribution < 1.29 is 0 Å². The Labute approximate surface area is 103 Å². The largest absolute Gasteiger partial charge is 0.192 e. The first-order valence-corrected chi connectivity index (χ1v) is 5.16. The zero-order valence-electron chi connectivity index (χ0n) is 7.96. The molecule has 0 amide bonds. The van der Waals surface area contributed by atoms with Gasteiger partial charge in [-0.05, 0) is 5.56 Å². The number of nitrogens with zero attached hydrogens (tertiary/aromatic N) is 2. The van der Waals surface area contributed by atoms with Gasteiger partial charge < -0.3 is 0 Å². The summed E-state index contributed by atoms with van der Waals surface area (Å²) in [5, 5.41) is 18.4. The molecule has 1 aromatic rings. The van der Waals surface area contributed by atoms with E-state index in [4.69, 9.17) is 33.7 Å². The van der Waals surface area contributed by atoms with Gasteiger partial charge >= 0.3 is 0 Å². The van der Waals surface area contributed by atoms with Gasteiger partial charge in [-0.15, -0.1) is 0 Å². The summed E-state index contributed by atoms with van der Waals surface area (Å²) in [4.78, 5) is 0. The average molecular weight is 247 g/mol. The van der Waals surface area contributed by atoms with E-state index < -0.39 is 0 Å². The van der Waals surface area contributed by atoms with Crippen molar-refractivity contribution in [3.63, 3.8) is 0 Å². The van der Waals surface area contributed by atoms with E-state index in [0.717, 1.165) is 11.1 Å². The third kappa shape index (κ3) is 1.41. The molecule has 4 heteroatoms. The minimum atomic E-state index is -0.0203. The molecule has 0 N–H and O–H groups in total. The van der Waals surface area contributed by atoms with Crippen LogP contribution < -0.4 is 0 Å². The van der Waals surface area contributed by atoms with Crippen molar-refractivity contribution in [1.29, 1.82) is 10.5 Å². The molecule has 0 radical (unpaired) electrons. The summed E-state index contributed by atoms with van der Waals surface area (Å²) in [5.41, 5.74) is 1.89. The molecule has 1 aliphatic carbocycles. The zero-order chi connectivity index (χ0) is 11.7. The highest BCUT2D eigenvalue weighted by molar-refractivity contribution is 6.59. The van der Waals surface area contributed by atoms with Crippen LogP contribution in [0.2, 0.25) is 0 Å². The van der Waals surface area contributed by atoms with E-state index in [1.165, 1.54) is 0 Å². The summed E-state index contributed by atoms with van der Waals surface area (Å²) in [7, 11) is 0. The van der Waals surface area contributed by atoms with Gasteiger partial charge in [0.05, 0.1) is 10.1 Å². The van der Waals surface area contributed by atoms with Crippen molar-refractivity contribution >= 4 is 33.8 Å². The van der Waals surface area contributed by atoms with Crippen LogP contribution in [0.3, 0.4) is 0 Å². The molecule has 2 rings (SSSR count). The molecule has 0 aromatic heterocycles. The molecule has 1 aromatic carbocycles. The van der Waals surface area contributed by atoms with Gasteiger partial charge in [0.1, 0.15) is 17.7 Å². The minimum absolute atomic E-state index is 0.0203. The monoisotopic (exact) mass is 246 g/mol. The SMILES string of the molecule is N#CC(C#N)=C1C(Cl)=C(Cl)c2ccccc21. The summed E-state index contributed by atoms with van der Waals surface area (Å²) in [5.74, 6) is 0. The lowest BCUT2D eigenvalue weighted by atomic mass is 10.0. The molecule has 0 fully saturated rings. The van der Waals surface area contributed by atoms with E-state index in [1.54, 1.807) is 12.1 Å². The fourth-order valence-corrected chi connectivity index (χ4v) is 2.18. The van der Waals surface area contributed by atoms with Crippen LogP contribution in [0.4, 0.5) is 0 Å². The Kier molecular flexibility index (Phi) is 2.71. The molecule has 2 nitrogen and oxygen atoms in total. The van der Waals surface area contributed by atoms with Gasteiger partial charge in [-0.2, -0.15) is 10.5 Å². The van der Waals surface area contributed by atoms with Crippen molar-refractivity contribution in [3.05, 3.63) is 46.0 Å². The second-order valence-corrected chi connectivity index (χ2v) is 3.90. The van der Waals surface area contributed by atoms with Gasteiger partial charge in [-0.1, -0.05) is 47.5 Å². The first-order chi connectivity index (χ1) is 7.70. The fraction of sp³-hybridized carbons (Fsp3) is 0. The highest BCUT2D eigenvalue weighted by Crippen LogP contribution is 2.46. The van der Waals surface area contributed by atoms with Gasteiger partial charge in [0, 0.05) is 11.1 Å². The van der Waals surface area contributed by atoms with Crippen LogP contribution in [0, 0.1) is 22.7 Å². The van der Waals surface area contributed by atoms with Crippen LogP contribution in [0.5, 0.6) is 0 Å². The Balaban J connectivity index is 2.84. The second-order valence-electron chi connectivity index (χ2n) is 3.15. The van der Waals surface area contributed by atoms with Crippen LogP contribution in [0.25, 0.3) is 10.6 Å². The minimum Gasteiger partial charge on any atom is -0.192 e. The molecular formula is C12H4Cl2N2. The van der Waals surface area contributed by atoms with Gasteiger partial charge in [0.25, 0.3) is 0 Å². The van der Waals surface area contributed by atoms with Crippen molar-refractivity contribution in [2.75, 3.05) is 0 Å². The van der Waals surface area contributed by atoms with Crippen molar-refractivity contribution in [2.24, 2.45) is 0 Å². The molecular weight excluding hydrogens is 243 g/mol. The van der Waals surface area contributed by atoms with E-state index in [1.807, 2.05) is 24.3 Å². The smallest absolute Gasteiger partial charge is 0.139 e. The lowest BCUT2D eigenvalue weighted by Crippen LogP contribution is -1.86. The molecule has 0 saturated heterocycles. The van der Waals surface area contributed by atoms with Crippen molar-refractivity contribution in [3.8, 4) is 12.1 Å². The number of allylic oxidation sites excluding steroid dienone is 3. The lowest BCUT2D eigenvalue weighted by Gasteiger charge is -2.00. The Morgan fingerprint density at radius 2 is 1.50 bits per heavy atom. The Bertz CT molecular complexity index is 597. The van der Waals surface area contributed by atoms with Crippen LogP contribution in [0.15, 0.2) is 34.9 Å². The maximum Gasteiger partial charge on any atom is 0.139 e. The van der Waals surface area contributed by atoms with Crippen LogP contribution in [-0.4, -0.2) is 0 Å². The van der Waals surface area contributed by atoms with Gasteiger partial charge in [0.15, 0.2) is 0 Å². The number of benzene rings is 1. The van der Waals surface area contributed by atoms with Crippen molar-refractivity contribution in [2.45, 2.75) is 0 Å². The summed E-state index contributed by atoms with van der Waals surface area (Å²) in [6.07, 6.45) is 0. The van der Waals surface area contributed by atoms with Gasteiger partial charge in [0.2, 0.25) is 0 Å². The molecule has 1 aliphatic rings. The molecule has 16 heavy (non-hydrogen) atoms. The number of fused-ring (bicyclic) bond motifs is 1. The maximum atomic E-state index is 8.86. The summed E-state index contributed by atoms with van der Waals surface area (Å²) < 4.78 is 0. The highest BCUT2D eigenvalue weighted by Gasteiger charge is 2.26. The number of nitriles is 2. The molecule has 0 spiro atoms. The van der Waals surface area contributed by atoms with Crippen molar-refractivity contribution in [1.82, 2.24) is 0 Å². The number of halogens is 2. The Hall–Kier alpha value is -1.74. The Morgan fingerprint density at radius 3 is 2.06 bits per heavy atom. The normalized spacial score (nSPS) is 13.1. The molecule has 0 atom stereocenters. The van der Waals surface area contributed by atoms with E-state index in [-0.39, 0.29) is 10.6 Å². The number of rotatable bonds is 0. The van der Waals surface area contributed by atoms with E-state index in [9.17, 15) is 0 Å². The average Bonchev–Trinajstić information content (AvgIpc) is 2.57. The first kappa shape index (κ1) is 10.8. The third-order valence-corrected chi connectivity index (χ3v) is 3.19. The standard InChI is InChI=1S/C12H4Cl2N2/c13-11-9-4-2-1-3-8(9)10(12(11)14)7(5-15)6-16/h1-4H. The summed E-state index contributed by atoms with van der Waals surface area (Å²) in [6, 6.07) is 10.9. The lowest BCUT2D eigenvalue weighted by molar-refractivity contribution is 1.46. The predicted molar refractivity (Wildman–Crippen MR) is 63.2 cm³/mol. The first-order valence-electron chi connectivity index (χ1n) is 4.40. The quantitative estimate of drug-likeness (QED) is 0.657. The zero-order valence-corrected chi connectivity index (χ0v) is 9.47.